The SMILES string of the molecule is c1cc2c(cc1C1=NNC(=NC3CCCC3)SC1)OCCO2. The molecule has 0 spiro atoms. The van der Waals surface area contributed by atoms with Gasteiger partial charge >= 0.3 is 0 Å². The van der Waals surface area contributed by atoms with Gasteiger partial charge in [0.2, 0.25) is 0 Å². The highest BCUT2D eigenvalue weighted by molar-refractivity contribution is 8.14. The van der Waals surface area contributed by atoms with Gasteiger partial charge in [-0.3, -0.25) is 10.4 Å². The molecular formula is C16H19N3O2S. The van der Waals surface area contributed by atoms with Gasteiger partial charge in [0.15, 0.2) is 16.7 Å². The second kappa shape index (κ2) is 6.20. The van der Waals surface area contributed by atoms with E-state index in [1.54, 1.807) is 11.8 Å². The summed E-state index contributed by atoms with van der Waals surface area (Å²) in [5, 5.41) is 5.44. The van der Waals surface area contributed by atoms with E-state index in [0.717, 1.165) is 33.7 Å². The van der Waals surface area contributed by atoms with Gasteiger partial charge in [0.1, 0.15) is 13.2 Å². The Labute approximate surface area is 134 Å². The molecule has 5 nitrogen and oxygen atoms in total. The van der Waals surface area contributed by atoms with Crippen molar-refractivity contribution in [3.8, 4) is 11.5 Å². The van der Waals surface area contributed by atoms with Crippen LogP contribution in [0.25, 0.3) is 0 Å². The molecule has 1 aromatic carbocycles. The number of nitrogens with zero attached hydrogens (tertiary/aromatic N) is 2. The minimum atomic E-state index is 0.487. The molecule has 3 aliphatic rings. The molecule has 1 N–H and O–H groups in total. The largest absolute Gasteiger partial charge is 0.486 e. The van der Waals surface area contributed by atoms with Gasteiger partial charge in [-0.1, -0.05) is 24.6 Å². The molecule has 0 aromatic heterocycles. The number of hydrogen-bond donors (Lipinski definition) is 1. The van der Waals surface area contributed by atoms with Crippen LogP contribution in [0.15, 0.2) is 28.3 Å². The Morgan fingerprint density at radius 3 is 2.73 bits per heavy atom. The maximum atomic E-state index is 5.63. The Balaban J connectivity index is 1.48. The minimum absolute atomic E-state index is 0.487. The Morgan fingerprint density at radius 2 is 1.95 bits per heavy atom. The van der Waals surface area contributed by atoms with Crippen LogP contribution >= 0.6 is 11.8 Å². The summed E-state index contributed by atoms with van der Waals surface area (Å²) >= 11 is 1.73. The molecule has 0 atom stereocenters. The maximum Gasteiger partial charge on any atom is 0.177 e. The van der Waals surface area contributed by atoms with E-state index >= 15 is 0 Å². The average molecular weight is 317 g/mol. The summed E-state index contributed by atoms with van der Waals surface area (Å²) < 4.78 is 11.2. The summed E-state index contributed by atoms with van der Waals surface area (Å²) in [6, 6.07) is 6.49. The third-order valence-corrected chi connectivity index (χ3v) is 5.02. The molecule has 1 aromatic rings. The number of benzene rings is 1. The number of rotatable bonds is 2. The summed E-state index contributed by atoms with van der Waals surface area (Å²) in [5.74, 6) is 2.45. The van der Waals surface area contributed by atoms with E-state index in [1.807, 2.05) is 18.2 Å². The number of nitrogens with one attached hydrogen (secondary N) is 1. The lowest BCUT2D eigenvalue weighted by atomic mass is 10.1. The topological polar surface area (TPSA) is 55.2 Å². The van der Waals surface area contributed by atoms with Gasteiger partial charge in [0, 0.05) is 11.3 Å². The fraction of sp³-hybridized carbons (Fsp3) is 0.500. The normalized spacial score (nSPS) is 23.3. The smallest absolute Gasteiger partial charge is 0.177 e. The van der Waals surface area contributed by atoms with Gasteiger partial charge in [-0.15, -0.1) is 0 Å². The van der Waals surface area contributed by atoms with Gasteiger partial charge < -0.3 is 9.47 Å². The lowest BCUT2D eigenvalue weighted by Gasteiger charge is -2.20. The standard InChI is InChI=1S/C16H19N3O2S/c1-2-4-12(3-1)17-16-19-18-13(10-22-16)11-5-6-14-15(9-11)21-8-7-20-14/h5-6,9,12H,1-4,7-8,10H2,(H,17,19). The second-order valence-corrected chi connectivity index (χ2v) is 6.65. The van der Waals surface area contributed by atoms with Crippen LogP contribution in [-0.2, 0) is 0 Å². The fourth-order valence-corrected chi connectivity index (χ4v) is 3.79. The zero-order valence-corrected chi connectivity index (χ0v) is 13.2. The van der Waals surface area contributed by atoms with Crippen molar-refractivity contribution in [3.63, 3.8) is 0 Å². The van der Waals surface area contributed by atoms with Gasteiger partial charge in [-0.2, -0.15) is 5.10 Å². The molecule has 0 unspecified atom stereocenters. The Morgan fingerprint density at radius 1 is 1.14 bits per heavy atom. The van der Waals surface area contributed by atoms with Crippen LogP contribution in [0, 0.1) is 0 Å². The number of fused-ring (bicyclic) bond motifs is 1. The van der Waals surface area contributed by atoms with Crippen molar-refractivity contribution in [1.82, 2.24) is 5.43 Å². The van der Waals surface area contributed by atoms with E-state index in [2.05, 4.69) is 10.5 Å². The lowest BCUT2D eigenvalue weighted by Crippen LogP contribution is -2.26. The summed E-state index contributed by atoms with van der Waals surface area (Å²) in [6.07, 6.45) is 5.03. The Kier molecular flexibility index (Phi) is 3.93. The first-order chi connectivity index (χ1) is 10.9. The van der Waals surface area contributed by atoms with E-state index in [9.17, 15) is 0 Å². The van der Waals surface area contributed by atoms with Crippen molar-refractivity contribution in [3.05, 3.63) is 23.8 Å². The molecule has 4 rings (SSSR count). The molecular weight excluding hydrogens is 298 g/mol. The number of ether oxygens (including phenoxy) is 2. The number of aliphatic imine (C=N–C) groups is 1. The molecule has 1 aliphatic carbocycles. The summed E-state index contributed by atoms with van der Waals surface area (Å²) in [4.78, 5) is 4.75. The lowest BCUT2D eigenvalue weighted by molar-refractivity contribution is 0.171. The van der Waals surface area contributed by atoms with Crippen LogP contribution in [0.2, 0.25) is 0 Å². The molecule has 0 saturated heterocycles. The van der Waals surface area contributed by atoms with Crippen LogP contribution in [-0.4, -0.2) is 35.9 Å². The Bertz CT molecular complexity index is 624. The third kappa shape index (κ3) is 2.92. The van der Waals surface area contributed by atoms with Crippen LogP contribution < -0.4 is 14.9 Å². The van der Waals surface area contributed by atoms with Crippen molar-refractivity contribution in [2.45, 2.75) is 31.7 Å². The van der Waals surface area contributed by atoms with Gasteiger partial charge in [0.25, 0.3) is 0 Å². The summed E-state index contributed by atoms with van der Waals surface area (Å²) in [5.41, 5.74) is 5.20. The highest BCUT2D eigenvalue weighted by Gasteiger charge is 2.19. The highest BCUT2D eigenvalue weighted by Crippen LogP contribution is 2.31. The van der Waals surface area contributed by atoms with Crippen molar-refractivity contribution in [2.24, 2.45) is 10.1 Å². The number of hydrogen-bond acceptors (Lipinski definition) is 5. The molecule has 6 heteroatoms. The molecule has 0 radical (unpaired) electrons. The molecule has 116 valence electrons. The zero-order valence-electron chi connectivity index (χ0n) is 12.4. The van der Waals surface area contributed by atoms with Gasteiger partial charge in [-0.05, 0) is 31.0 Å². The minimum Gasteiger partial charge on any atom is -0.486 e. The van der Waals surface area contributed by atoms with Crippen LogP contribution in [0.1, 0.15) is 31.2 Å². The van der Waals surface area contributed by atoms with E-state index in [0.29, 0.717) is 19.3 Å². The van der Waals surface area contributed by atoms with Crippen LogP contribution in [0.3, 0.4) is 0 Å². The van der Waals surface area contributed by atoms with E-state index < -0.39 is 0 Å². The van der Waals surface area contributed by atoms with Crippen molar-refractivity contribution >= 4 is 22.6 Å². The molecule has 0 bridgehead atoms. The molecule has 22 heavy (non-hydrogen) atoms. The summed E-state index contributed by atoms with van der Waals surface area (Å²) in [7, 11) is 0. The molecule has 1 saturated carbocycles. The second-order valence-electron chi connectivity index (χ2n) is 5.69. The number of amidine groups is 1. The predicted molar refractivity (Wildman–Crippen MR) is 89.3 cm³/mol. The van der Waals surface area contributed by atoms with Gasteiger partial charge in [0.05, 0.1) is 11.8 Å². The quantitative estimate of drug-likeness (QED) is 0.911. The highest BCUT2D eigenvalue weighted by atomic mass is 32.2. The number of thioether (sulfide) groups is 1. The first-order valence-electron chi connectivity index (χ1n) is 7.82. The van der Waals surface area contributed by atoms with Gasteiger partial charge in [-0.25, -0.2) is 0 Å². The molecule has 0 amide bonds. The van der Waals surface area contributed by atoms with Crippen LogP contribution in [0.5, 0.6) is 11.5 Å². The van der Waals surface area contributed by atoms with Crippen molar-refractivity contribution in [2.75, 3.05) is 19.0 Å². The maximum absolute atomic E-state index is 5.63. The zero-order chi connectivity index (χ0) is 14.8. The monoisotopic (exact) mass is 317 g/mol. The first kappa shape index (κ1) is 13.9. The first-order valence-corrected chi connectivity index (χ1v) is 8.80. The number of hydrazone groups is 1. The molecule has 2 aliphatic heterocycles. The third-order valence-electron chi connectivity index (χ3n) is 4.13. The van der Waals surface area contributed by atoms with E-state index in [4.69, 9.17) is 14.5 Å². The predicted octanol–water partition coefficient (Wildman–Crippen LogP) is 2.80. The molecule has 1 fully saturated rings. The fourth-order valence-electron chi connectivity index (χ4n) is 2.95. The van der Waals surface area contributed by atoms with Crippen molar-refractivity contribution < 1.29 is 9.47 Å². The van der Waals surface area contributed by atoms with E-state index in [-0.39, 0.29) is 0 Å². The summed E-state index contributed by atoms with van der Waals surface area (Å²) in [6.45, 7) is 1.22. The van der Waals surface area contributed by atoms with Crippen LogP contribution in [0.4, 0.5) is 0 Å². The average Bonchev–Trinajstić information content (AvgIpc) is 3.08. The van der Waals surface area contributed by atoms with Crippen molar-refractivity contribution in [1.29, 1.82) is 0 Å². The molecule has 2 heterocycles. The Hall–Kier alpha value is -1.69. The van der Waals surface area contributed by atoms with E-state index in [1.165, 1.54) is 25.7 Å².